The van der Waals surface area contributed by atoms with Crippen LogP contribution in [0.1, 0.15) is 25.5 Å². The highest BCUT2D eigenvalue weighted by Gasteiger charge is 2.04. The Morgan fingerprint density at radius 1 is 1.54 bits per heavy atom. The molecule has 3 heteroatoms. The summed E-state index contributed by atoms with van der Waals surface area (Å²) in [6, 6.07) is 5.75. The normalized spacial score (nSPS) is 12.8. The van der Waals surface area contributed by atoms with Crippen LogP contribution in [0.3, 0.4) is 0 Å². The van der Waals surface area contributed by atoms with Crippen molar-refractivity contribution in [3.05, 3.63) is 28.5 Å². The third-order valence-corrected chi connectivity index (χ3v) is 2.28. The third kappa shape index (κ3) is 3.87. The molecule has 13 heavy (non-hydrogen) atoms. The summed E-state index contributed by atoms with van der Waals surface area (Å²) < 4.78 is 0.827. The molecule has 0 saturated carbocycles. The minimum atomic E-state index is -0.258. The van der Waals surface area contributed by atoms with Gasteiger partial charge in [-0.15, -0.1) is 0 Å². The molecule has 1 heterocycles. The van der Waals surface area contributed by atoms with Gasteiger partial charge in [-0.2, -0.15) is 0 Å². The van der Waals surface area contributed by atoms with Gasteiger partial charge in [0, 0.05) is 12.1 Å². The van der Waals surface area contributed by atoms with E-state index in [4.69, 9.17) is 0 Å². The van der Waals surface area contributed by atoms with Crippen molar-refractivity contribution in [3.8, 4) is 0 Å². The Hall–Kier alpha value is -0.410. The van der Waals surface area contributed by atoms with Crippen molar-refractivity contribution in [3.63, 3.8) is 0 Å². The van der Waals surface area contributed by atoms with E-state index < -0.39 is 0 Å². The first-order valence-corrected chi connectivity index (χ1v) is 5.31. The van der Waals surface area contributed by atoms with Crippen LogP contribution in [0.25, 0.3) is 0 Å². The molecule has 0 fully saturated rings. The molecular formula is C10H14BrNO. The number of nitrogens with zero attached hydrogens (tertiary/aromatic N) is 1. The number of hydrogen-bond donors (Lipinski definition) is 1. The Morgan fingerprint density at radius 2 is 2.31 bits per heavy atom. The van der Waals surface area contributed by atoms with Crippen molar-refractivity contribution < 1.29 is 5.11 Å². The average Bonchev–Trinajstić information content (AvgIpc) is 2.04. The fourth-order valence-corrected chi connectivity index (χ4v) is 1.62. The van der Waals surface area contributed by atoms with Gasteiger partial charge in [-0.3, -0.25) is 0 Å². The smallest absolute Gasteiger partial charge is 0.106 e. The Kier molecular flexibility index (Phi) is 4.39. The highest BCUT2D eigenvalue weighted by atomic mass is 79.9. The molecule has 1 N–H and O–H groups in total. The van der Waals surface area contributed by atoms with Crippen molar-refractivity contribution in [2.24, 2.45) is 0 Å². The van der Waals surface area contributed by atoms with Crippen LogP contribution in [0.2, 0.25) is 0 Å². The summed E-state index contributed by atoms with van der Waals surface area (Å²) in [6.45, 7) is 2.07. The molecule has 1 rings (SSSR count). The maximum atomic E-state index is 9.54. The number of aliphatic hydroxyl groups excluding tert-OH is 1. The van der Waals surface area contributed by atoms with E-state index in [1.807, 2.05) is 18.2 Å². The Morgan fingerprint density at radius 3 is 2.92 bits per heavy atom. The lowest BCUT2D eigenvalue weighted by molar-refractivity contribution is 0.162. The number of hydrogen-bond acceptors (Lipinski definition) is 2. The standard InChI is InChI=1S/C10H14BrNO/c1-2-4-9(13)7-8-5-3-6-10(11)12-8/h3,5-6,9,13H,2,4,7H2,1H3. The third-order valence-electron chi connectivity index (χ3n) is 1.84. The van der Waals surface area contributed by atoms with Gasteiger partial charge in [-0.25, -0.2) is 4.98 Å². The van der Waals surface area contributed by atoms with E-state index in [0.717, 1.165) is 23.1 Å². The van der Waals surface area contributed by atoms with Crippen LogP contribution in [-0.2, 0) is 6.42 Å². The lowest BCUT2D eigenvalue weighted by atomic mass is 10.1. The molecular weight excluding hydrogens is 230 g/mol. The van der Waals surface area contributed by atoms with Crippen molar-refractivity contribution >= 4 is 15.9 Å². The van der Waals surface area contributed by atoms with Crippen LogP contribution < -0.4 is 0 Å². The second kappa shape index (κ2) is 5.35. The molecule has 1 aromatic rings. The zero-order valence-corrected chi connectivity index (χ0v) is 9.29. The molecule has 72 valence electrons. The van der Waals surface area contributed by atoms with Crippen molar-refractivity contribution in [2.75, 3.05) is 0 Å². The number of aromatic nitrogens is 1. The summed E-state index contributed by atoms with van der Waals surface area (Å²) in [4.78, 5) is 4.25. The molecule has 0 aromatic carbocycles. The Labute approximate surface area is 87.1 Å². The van der Waals surface area contributed by atoms with Gasteiger partial charge in [-0.1, -0.05) is 19.4 Å². The zero-order chi connectivity index (χ0) is 9.68. The maximum absolute atomic E-state index is 9.54. The van der Waals surface area contributed by atoms with Gasteiger partial charge in [0.05, 0.1) is 6.10 Å². The topological polar surface area (TPSA) is 33.1 Å². The number of pyridine rings is 1. The fourth-order valence-electron chi connectivity index (χ4n) is 1.24. The summed E-state index contributed by atoms with van der Waals surface area (Å²) >= 11 is 3.30. The van der Waals surface area contributed by atoms with Gasteiger partial charge >= 0.3 is 0 Å². The molecule has 0 bridgehead atoms. The number of halogens is 1. The molecule has 1 aromatic heterocycles. The summed E-state index contributed by atoms with van der Waals surface area (Å²) in [7, 11) is 0. The summed E-state index contributed by atoms with van der Waals surface area (Å²) in [5.41, 5.74) is 0.940. The Bertz CT molecular complexity index is 265. The largest absolute Gasteiger partial charge is 0.393 e. The van der Waals surface area contributed by atoms with Crippen molar-refractivity contribution in [1.29, 1.82) is 0 Å². The molecule has 0 spiro atoms. The van der Waals surface area contributed by atoms with E-state index in [1.165, 1.54) is 0 Å². The average molecular weight is 244 g/mol. The van der Waals surface area contributed by atoms with Gasteiger partial charge in [0.25, 0.3) is 0 Å². The minimum absolute atomic E-state index is 0.258. The first kappa shape index (κ1) is 10.7. The SMILES string of the molecule is CCCC(O)Cc1cccc(Br)n1. The second-order valence-electron chi connectivity index (χ2n) is 3.10. The second-order valence-corrected chi connectivity index (χ2v) is 3.91. The van der Waals surface area contributed by atoms with Gasteiger partial charge in [-0.05, 0) is 34.5 Å². The van der Waals surface area contributed by atoms with Crippen LogP contribution in [0.15, 0.2) is 22.8 Å². The molecule has 0 aliphatic carbocycles. The van der Waals surface area contributed by atoms with Gasteiger partial charge in [0.1, 0.15) is 4.60 Å². The van der Waals surface area contributed by atoms with Crippen LogP contribution in [-0.4, -0.2) is 16.2 Å². The molecule has 0 aliphatic heterocycles. The van der Waals surface area contributed by atoms with Crippen molar-refractivity contribution in [1.82, 2.24) is 4.98 Å². The lowest BCUT2D eigenvalue weighted by Gasteiger charge is -2.07. The van der Waals surface area contributed by atoms with Crippen LogP contribution in [0.4, 0.5) is 0 Å². The Balaban J connectivity index is 2.53. The van der Waals surface area contributed by atoms with Crippen molar-refractivity contribution in [2.45, 2.75) is 32.3 Å². The van der Waals surface area contributed by atoms with Gasteiger partial charge in [0.2, 0.25) is 0 Å². The molecule has 0 saturated heterocycles. The molecule has 1 atom stereocenters. The number of rotatable bonds is 4. The highest BCUT2D eigenvalue weighted by molar-refractivity contribution is 9.10. The molecule has 2 nitrogen and oxygen atoms in total. The van der Waals surface area contributed by atoms with E-state index in [1.54, 1.807) is 0 Å². The molecule has 0 aliphatic rings. The van der Waals surface area contributed by atoms with E-state index in [0.29, 0.717) is 6.42 Å². The molecule has 0 radical (unpaired) electrons. The highest BCUT2D eigenvalue weighted by Crippen LogP contribution is 2.09. The fraction of sp³-hybridized carbons (Fsp3) is 0.500. The van der Waals surface area contributed by atoms with Crippen LogP contribution in [0.5, 0.6) is 0 Å². The summed E-state index contributed by atoms with van der Waals surface area (Å²) in [6.07, 6.45) is 2.24. The first-order valence-electron chi connectivity index (χ1n) is 4.52. The quantitative estimate of drug-likeness (QED) is 0.825. The van der Waals surface area contributed by atoms with E-state index in [2.05, 4.69) is 27.8 Å². The predicted molar refractivity (Wildman–Crippen MR) is 56.6 cm³/mol. The molecule has 0 amide bonds. The van der Waals surface area contributed by atoms with Gasteiger partial charge < -0.3 is 5.11 Å². The summed E-state index contributed by atoms with van der Waals surface area (Å²) in [5, 5.41) is 9.54. The van der Waals surface area contributed by atoms with Gasteiger partial charge in [0.15, 0.2) is 0 Å². The van der Waals surface area contributed by atoms with E-state index in [9.17, 15) is 5.11 Å². The molecule has 1 unspecified atom stereocenters. The maximum Gasteiger partial charge on any atom is 0.106 e. The van der Waals surface area contributed by atoms with E-state index >= 15 is 0 Å². The predicted octanol–water partition coefficient (Wildman–Crippen LogP) is 2.55. The van der Waals surface area contributed by atoms with Crippen LogP contribution >= 0.6 is 15.9 Å². The minimum Gasteiger partial charge on any atom is -0.393 e. The van der Waals surface area contributed by atoms with Crippen LogP contribution in [0, 0.1) is 0 Å². The monoisotopic (exact) mass is 243 g/mol. The zero-order valence-electron chi connectivity index (χ0n) is 7.70. The number of aliphatic hydroxyl groups is 1. The first-order chi connectivity index (χ1) is 6.22. The lowest BCUT2D eigenvalue weighted by Crippen LogP contribution is -2.10. The summed E-state index contributed by atoms with van der Waals surface area (Å²) in [5.74, 6) is 0. The van der Waals surface area contributed by atoms with E-state index in [-0.39, 0.29) is 6.10 Å².